The fourth-order valence-electron chi connectivity index (χ4n) is 2.35. The van der Waals surface area contributed by atoms with E-state index in [0.717, 1.165) is 11.3 Å². The summed E-state index contributed by atoms with van der Waals surface area (Å²) in [6.45, 7) is 0.661. The minimum Gasteiger partial charge on any atom is -0.399 e. The van der Waals surface area contributed by atoms with Gasteiger partial charge in [0.15, 0.2) is 11.6 Å². The number of nitrogens with two attached hydrogens (primary N) is 1. The number of fused-ring (bicyclic) bond motifs is 1. The number of benzene rings is 2. The van der Waals surface area contributed by atoms with Crippen LogP contribution in [-0.4, -0.2) is 33.4 Å². The van der Waals surface area contributed by atoms with E-state index in [9.17, 15) is 13.8 Å². The van der Waals surface area contributed by atoms with Gasteiger partial charge in [-0.2, -0.15) is 0 Å². The van der Waals surface area contributed by atoms with E-state index < -0.39 is 11.0 Å². The van der Waals surface area contributed by atoms with Gasteiger partial charge in [-0.15, -0.1) is 0 Å². The molecule has 1 unspecified atom stereocenters. The van der Waals surface area contributed by atoms with Crippen LogP contribution in [0.4, 0.5) is 5.69 Å². The fourth-order valence-corrected chi connectivity index (χ4v) is 2.68. The molecular weight excluding hydrogens is 324 g/mol. The summed E-state index contributed by atoms with van der Waals surface area (Å²) in [7, 11) is 0.894. The summed E-state index contributed by atoms with van der Waals surface area (Å²) in [5.74, 6) is -0.101. The standard InChI is InChI=1S/C9H14N2OS.C9H6O2/c1-11(13(2)12)7-8-4-3-5-9(10)6-8;10-8-5-9(11)7-4-2-1-3-6(7)8/h3-6H,7,10H2,1-2H3;1-4H,5H2. The first-order chi connectivity index (χ1) is 11.4. The summed E-state index contributed by atoms with van der Waals surface area (Å²) in [4.78, 5) is 22.1. The van der Waals surface area contributed by atoms with E-state index in [2.05, 4.69) is 0 Å². The van der Waals surface area contributed by atoms with Crippen molar-refractivity contribution in [3.63, 3.8) is 0 Å². The van der Waals surface area contributed by atoms with E-state index in [1.165, 1.54) is 0 Å². The maximum absolute atomic E-state index is 11.1. The lowest BCUT2D eigenvalue weighted by Gasteiger charge is -2.12. The molecule has 0 aromatic heterocycles. The Kier molecular flexibility index (Phi) is 6.00. The quantitative estimate of drug-likeness (QED) is 0.685. The van der Waals surface area contributed by atoms with E-state index in [1.54, 1.807) is 34.8 Å². The Balaban J connectivity index is 0.000000175. The number of carbonyl (C=O) groups excluding carboxylic acids is 2. The maximum Gasteiger partial charge on any atom is 0.171 e. The molecule has 126 valence electrons. The summed E-state index contributed by atoms with van der Waals surface area (Å²) in [5, 5.41) is 0. The van der Waals surface area contributed by atoms with Gasteiger partial charge >= 0.3 is 0 Å². The van der Waals surface area contributed by atoms with Gasteiger partial charge in [-0.05, 0) is 17.7 Å². The first-order valence-electron chi connectivity index (χ1n) is 7.43. The van der Waals surface area contributed by atoms with E-state index in [0.29, 0.717) is 17.7 Å². The van der Waals surface area contributed by atoms with Gasteiger partial charge in [0.2, 0.25) is 0 Å². The molecule has 0 amide bonds. The summed E-state index contributed by atoms with van der Waals surface area (Å²) >= 11 is 0. The highest BCUT2D eigenvalue weighted by molar-refractivity contribution is 7.81. The van der Waals surface area contributed by atoms with Crippen molar-refractivity contribution in [3.8, 4) is 0 Å². The Labute approximate surface area is 144 Å². The van der Waals surface area contributed by atoms with E-state index in [1.807, 2.05) is 31.3 Å². The zero-order valence-corrected chi connectivity index (χ0v) is 14.5. The summed E-state index contributed by atoms with van der Waals surface area (Å²) in [6, 6.07) is 14.5. The molecule has 0 heterocycles. The smallest absolute Gasteiger partial charge is 0.171 e. The van der Waals surface area contributed by atoms with Crippen LogP contribution in [0.15, 0.2) is 48.5 Å². The molecule has 1 atom stereocenters. The van der Waals surface area contributed by atoms with Gasteiger partial charge in [0.25, 0.3) is 0 Å². The molecule has 0 radical (unpaired) electrons. The average Bonchev–Trinajstić information content (AvgIpc) is 2.83. The Bertz CT molecular complexity index is 756. The molecule has 0 aliphatic heterocycles. The third-order valence-electron chi connectivity index (χ3n) is 3.64. The second-order valence-electron chi connectivity index (χ2n) is 5.52. The molecule has 2 aromatic carbocycles. The van der Waals surface area contributed by atoms with Crippen LogP contribution in [0.2, 0.25) is 0 Å². The Morgan fingerprint density at radius 1 is 1.04 bits per heavy atom. The van der Waals surface area contributed by atoms with Gasteiger partial charge in [0, 0.05) is 36.7 Å². The number of nitrogen functional groups attached to an aromatic ring is 1. The zero-order chi connectivity index (χ0) is 17.7. The number of hydrogen-bond acceptors (Lipinski definition) is 4. The largest absolute Gasteiger partial charge is 0.399 e. The van der Waals surface area contributed by atoms with Crippen molar-refractivity contribution in [2.24, 2.45) is 0 Å². The van der Waals surface area contributed by atoms with Crippen LogP contribution < -0.4 is 5.73 Å². The predicted molar refractivity (Wildman–Crippen MR) is 96.1 cm³/mol. The van der Waals surface area contributed by atoms with Crippen molar-refractivity contribution in [2.75, 3.05) is 19.0 Å². The Hall–Kier alpha value is -2.31. The van der Waals surface area contributed by atoms with Crippen molar-refractivity contribution in [2.45, 2.75) is 13.0 Å². The molecule has 1 aliphatic rings. The van der Waals surface area contributed by atoms with Crippen molar-refractivity contribution in [1.82, 2.24) is 4.31 Å². The number of anilines is 1. The minimum absolute atomic E-state index is 0.0504. The highest BCUT2D eigenvalue weighted by Crippen LogP contribution is 2.20. The van der Waals surface area contributed by atoms with E-state index in [-0.39, 0.29) is 18.0 Å². The molecule has 6 heteroatoms. The van der Waals surface area contributed by atoms with Crippen molar-refractivity contribution >= 4 is 28.2 Å². The SMILES string of the molecule is CN(Cc1cccc(N)c1)S(C)=O.O=C1CC(=O)c2ccccc21. The highest BCUT2D eigenvalue weighted by Gasteiger charge is 2.25. The maximum atomic E-state index is 11.1. The minimum atomic E-state index is -0.925. The molecule has 0 fully saturated rings. The molecule has 0 bridgehead atoms. The van der Waals surface area contributed by atoms with Crippen molar-refractivity contribution in [1.29, 1.82) is 0 Å². The molecule has 24 heavy (non-hydrogen) atoms. The highest BCUT2D eigenvalue weighted by atomic mass is 32.2. The molecule has 0 saturated carbocycles. The van der Waals surface area contributed by atoms with Gasteiger partial charge in [-0.1, -0.05) is 36.4 Å². The third-order valence-corrected chi connectivity index (χ3v) is 4.65. The summed E-state index contributed by atoms with van der Waals surface area (Å²) in [5.41, 5.74) is 8.60. The van der Waals surface area contributed by atoms with Gasteiger partial charge in [-0.3, -0.25) is 9.59 Å². The van der Waals surface area contributed by atoms with Gasteiger partial charge in [0.05, 0.1) is 17.4 Å². The van der Waals surface area contributed by atoms with Crippen LogP contribution in [0.3, 0.4) is 0 Å². The fraction of sp³-hybridized carbons (Fsp3) is 0.222. The second kappa shape index (κ2) is 7.99. The molecule has 1 aliphatic carbocycles. The number of rotatable bonds is 3. The van der Waals surface area contributed by atoms with Crippen LogP contribution in [-0.2, 0) is 17.5 Å². The van der Waals surface area contributed by atoms with Crippen molar-refractivity contribution < 1.29 is 13.8 Å². The third kappa shape index (κ3) is 4.59. The lowest BCUT2D eigenvalue weighted by molar-refractivity contribution is 0.0923. The number of ketones is 2. The number of carbonyl (C=O) groups is 2. The normalized spacial score (nSPS) is 14.1. The topological polar surface area (TPSA) is 80.5 Å². The second-order valence-corrected chi connectivity index (χ2v) is 6.99. The van der Waals surface area contributed by atoms with Crippen LogP contribution in [0.25, 0.3) is 0 Å². The average molecular weight is 344 g/mol. The Morgan fingerprint density at radius 3 is 2.12 bits per heavy atom. The first-order valence-corrected chi connectivity index (χ1v) is 8.94. The molecular formula is C18H20N2O3S. The van der Waals surface area contributed by atoms with Gasteiger partial charge in [0.1, 0.15) is 0 Å². The molecule has 2 aromatic rings. The number of nitrogens with zero attached hydrogens (tertiary/aromatic N) is 1. The van der Waals surface area contributed by atoms with Crippen LogP contribution in [0.1, 0.15) is 32.7 Å². The number of Topliss-reactive ketones (excluding diaryl/α,β-unsaturated/α-hetero) is 2. The molecule has 0 spiro atoms. The number of hydrogen-bond donors (Lipinski definition) is 1. The van der Waals surface area contributed by atoms with Gasteiger partial charge in [-0.25, -0.2) is 8.51 Å². The van der Waals surface area contributed by atoms with Crippen LogP contribution in [0.5, 0.6) is 0 Å². The lowest BCUT2D eigenvalue weighted by Crippen LogP contribution is -2.19. The molecule has 5 nitrogen and oxygen atoms in total. The lowest BCUT2D eigenvalue weighted by atomic mass is 10.1. The van der Waals surface area contributed by atoms with Crippen molar-refractivity contribution in [3.05, 3.63) is 65.2 Å². The van der Waals surface area contributed by atoms with E-state index >= 15 is 0 Å². The van der Waals surface area contributed by atoms with Gasteiger partial charge < -0.3 is 5.73 Å². The Morgan fingerprint density at radius 2 is 1.62 bits per heavy atom. The predicted octanol–water partition coefficient (Wildman–Crippen LogP) is 2.45. The van der Waals surface area contributed by atoms with E-state index in [4.69, 9.17) is 5.73 Å². The monoisotopic (exact) mass is 344 g/mol. The summed E-state index contributed by atoms with van der Waals surface area (Å²) in [6.07, 6.45) is 1.71. The van der Waals surface area contributed by atoms with Crippen LogP contribution in [0, 0.1) is 0 Å². The molecule has 0 saturated heterocycles. The summed E-state index contributed by atoms with van der Waals surface area (Å²) < 4.78 is 12.8. The van der Waals surface area contributed by atoms with Crippen LogP contribution >= 0.6 is 0 Å². The first kappa shape index (κ1) is 18.0. The zero-order valence-electron chi connectivity index (χ0n) is 13.7. The molecule has 2 N–H and O–H groups in total. The molecule has 3 rings (SSSR count).